The first-order chi connectivity index (χ1) is 10.0. The average Bonchev–Trinajstić information content (AvgIpc) is 2.95. The first-order valence-electron chi connectivity index (χ1n) is 6.52. The second-order valence-corrected chi connectivity index (χ2v) is 6.00. The van der Waals surface area contributed by atoms with Gasteiger partial charge in [-0.1, -0.05) is 19.0 Å². The number of aromatic nitrogens is 2. The summed E-state index contributed by atoms with van der Waals surface area (Å²) >= 11 is 0. The molecule has 2 aromatic rings. The van der Waals surface area contributed by atoms with Crippen molar-refractivity contribution in [1.82, 2.24) is 14.9 Å². The van der Waals surface area contributed by atoms with Gasteiger partial charge in [0.25, 0.3) is 0 Å². The summed E-state index contributed by atoms with van der Waals surface area (Å²) in [6.45, 7) is 3.92. The van der Waals surface area contributed by atoms with E-state index in [0.717, 1.165) is 0 Å². The molecular formula is C13H17N3O4S. The highest BCUT2D eigenvalue weighted by molar-refractivity contribution is 7.89. The molecule has 1 aromatic heterocycles. The van der Waals surface area contributed by atoms with E-state index in [1.54, 1.807) is 13.0 Å². The smallest absolute Gasteiger partial charge is 0.240 e. The van der Waals surface area contributed by atoms with Crippen LogP contribution in [-0.2, 0) is 16.4 Å². The Bertz CT molecular complexity index is 725. The molecule has 0 unspecified atom stereocenters. The van der Waals surface area contributed by atoms with Gasteiger partial charge in [0, 0.05) is 13.0 Å². The minimum atomic E-state index is -3.56. The van der Waals surface area contributed by atoms with Gasteiger partial charge in [-0.2, -0.15) is 4.98 Å². The summed E-state index contributed by atoms with van der Waals surface area (Å²) in [6, 6.07) is 4.52. The van der Waals surface area contributed by atoms with Crippen LogP contribution in [0.5, 0.6) is 5.75 Å². The maximum absolute atomic E-state index is 12.1. The first-order valence-corrected chi connectivity index (χ1v) is 8.00. The Hall–Kier alpha value is -1.93. The topological polar surface area (TPSA) is 94.3 Å². The molecule has 0 aliphatic carbocycles. The summed E-state index contributed by atoms with van der Waals surface area (Å²) in [6.07, 6.45) is 0.602. The summed E-state index contributed by atoms with van der Waals surface area (Å²) in [5.41, 5.74) is 0.472. The van der Waals surface area contributed by atoms with Gasteiger partial charge in [0.15, 0.2) is 0 Å². The van der Waals surface area contributed by atoms with E-state index in [-0.39, 0.29) is 4.90 Å². The van der Waals surface area contributed by atoms with Crippen LogP contribution < -0.4 is 9.46 Å². The van der Waals surface area contributed by atoms with Gasteiger partial charge in [0.05, 0.1) is 17.6 Å². The average molecular weight is 311 g/mol. The first kappa shape index (κ1) is 15.5. The largest absolute Gasteiger partial charge is 0.496 e. The third-order valence-electron chi connectivity index (χ3n) is 2.83. The molecule has 0 spiro atoms. The molecule has 7 nitrogen and oxygen atoms in total. The quantitative estimate of drug-likeness (QED) is 0.871. The van der Waals surface area contributed by atoms with E-state index >= 15 is 0 Å². The van der Waals surface area contributed by atoms with Crippen LogP contribution in [0.25, 0.3) is 11.4 Å². The van der Waals surface area contributed by atoms with E-state index in [1.807, 2.05) is 6.92 Å². The van der Waals surface area contributed by atoms with Gasteiger partial charge in [-0.15, -0.1) is 0 Å². The minimum absolute atomic E-state index is 0.128. The van der Waals surface area contributed by atoms with Crippen molar-refractivity contribution < 1.29 is 17.7 Å². The van der Waals surface area contributed by atoms with Crippen LogP contribution in [0.3, 0.4) is 0 Å². The molecule has 0 saturated carbocycles. The van der Waals surface area contributed by atoms with Crippen molar-refractivity contribution in [3.05, 3.63) is 24.1 Å². The lowest BCUT2D eigenvalue weighted by molar-refractivity contribution is 0.382. The van der Waals surface area contributed by atoms with Crippen molar-refractivity contribution >= 4 is 10.0 Å². The molecule has 2 rings (SSSR count). The Morgan fingerprint density at radius 2 is 2.10 bits per heavy atom. The van der Waals surface area contributed by atoms with Crippen LogP contribution in [0.4, 0.5) is 0 Å². The maximum atomic E-state index is 12.1. The minimum Gasteiger partial charge on any atom is -0.496 e. The zero-order valence-electron chi connectivity index (χ0n) is 12.1. The Morgan fingerprint density at radius 1 is 1.33 bits per heavy atom. The van der Waals surface area contributed by atoms with Gasteiger partial charge in [-0.05, 0) is 18.2 Å². The summed E-state index contributed by atoms with van der Waals surface area (Å²) in [5, 5.41) is 3.85. The van der Waals surface area contributed by atoms with Crippen molar-refractivity contribution in [2.75, 3.05) is 13.7 Å². The van der Waals surface area contributed by atoms with Crippen molar-refractivity contribution in [2.45, 2.75) is 25.2 Å². The van der Waals surface area contributed by atoms with E-state index in [0.29, 0.717) is 36.0 Å². The van der Waals surface area contributed by atoms with Gasteiger partial charge in [0.1, 0.15) is 5.75 Å². The summed E-state index contributed by atoms with van der Waals surface area (Å²) in [7, 11) is -2.06. The fourth-order valence-electron chi connectivity index (χ4n) is 1.81. The van der Waals surface area contributed by atoms with E-state index in [2.05, 4.69) is 14.9 Å². The zero-order chi connectivity index (χ0) is 15.5. The molecule has 0 amide bonds. The number of sulfonamides is 1. The number of aryl methyl sites for hydroxylation is 1. The standard InChI is InChI=1S/C13H17N3O4S/c1-4-12-15-13(16-20-12)10-8-9(6-7-11(10)19-3)21(17,18)14-5-2/h6-8,14H,4-5H2,1-3H3. The number of hydrogen-bond acceptors (Lipinski definition) is 6. The van der Waals surface area contributed by atoms with E-state index in [4.69, 9.17) is 9.26 Å². The van der Waals surface area contributed by atoms with Crippen molar-refractivity contribution in [3.8, 4) is 17.1 Å². The van der Waals surface area contributed by atoms with Crippen molar-refractivity contribution in [2.24, 2.45) is 0 Å². The van der Waals surface area contributed by atoms with E-state index in [9.17, 15) is 8.42 Å². The molecule has 1 N–H and O–H groups in total. The molecule has 114 valence electrons. The highest BCUT2D eigenvalue weighted by atomic mass is 32.2. The Morgan fingerprint density at radius 3 is 2.67 bits per heavy atom. The number of hydrogen-bond donors (Lipinski definition) is 1. The number of methoxy groups -OCH3 is 1. The van der Waals surface area contributed by atoms with Crippen LogP contribution in [0, 0.1) is 0 Å². The highest BCUT2D eigenvalue weighted by Gasteiger charge is 2.19. The second-order valence-electron chi connectivity index (χ2n) is 4.23. The monoisotopic (exact) mass is 311 g/mol. The Labute approximate surface area is 123 Å². The van der Waals surface area contributed by atoms with Gasteiger partial charge >= 0.3 is 0 Å². The SMILES string of the molecule is CCNS(=O)(=O)c1ccc(OC)c(-c2noc(CC)n2)c1. The second kappa shape index (κ2) is 6.23. The van der Waals surface area contributed by atoms with Crippen LogP contribution in [0.1, 0.15) is 19.7 Å². The number of benzene rings is 1. The van der Waals surface area contributed by atoms with E-state index < -0.39 is 10.0 Å². The molecule has 0 atom stereocenters. The van der Waals surface area contributed by atoms with Crippen LogP contribution in [-0.4, -0.2) is 32.2 Å². The van der Waals surface area contributed by atoms with Crippen LogP contribution in [0.2, 0.25) is 0 Å². The molecule has 21 heavy (non-hydrogen) atoms. The van der Waals surface area contributed by atoms with Crippen LogP contribution >= 0.6 is 0 Å². The lowest BCUT2D eigenvalue weighted by Gasteiger charge is -2.09. The predicted octanol–water partition coefficient (Wildman–Crippen LogP) is 1.61. The molecule has 0 aliphatic heterocycles. The molecule has 8 heteroatoms. The molecule has 0 fully saturated rings. The predicted molar refractivity (Wildman–Crippen MR) is 76.5 cm³/mol. The number of ether oxygens (including phenoxy) is 1. The zero-order valence-corrected chi connectivity index (χ0v) is 12.9. The lowest BCUT2D eigenvalue weighted by atomic mass is 10.2. The third-order valence-corrected chi connectivity index (χ3v) is 4.37. The molecule has 0 aliphatic rings. The molecular weight excluding hydrogens is 294 g/mol. The Kier molecular flexibility index (Phi) is 4.59. The number of nitrogens with one attached hydrogen (secondary N) is 1. The summed E-state index contributed by atoms with van der Waals surface area (Å²) in [5.74, 6) is 1.26. The van der Waals surface area contributed by atoms with Crippen molar-refractivity contribution in [3.63, 3.8) is 0 Å². The maximum Gasteiger partial charge on any atom is 0.240 e. The van der Waals surface area contributed by atoms with Gasteiger partial charge < -0.3 is 9.26 Å². The van der Waals surface area contributed by atoms with Gasteiger partial charge in [-0.3, -0.25) is 0 Å². The summed E-state index contributed by atoms with van der Waals surface area (Å²) in [4.78, 5) is 4.33. The summed E-state index contributed by atoms with van der Waals surface area (Å²) < 4.78 is 36.9. The van der Waals surface area contributed by atoms with Crippen LogP contribution in [0.15, 0.2) is 27.6 Å². The highest BCUT2D eigenvalue weighted by Crippen LogP contribution is 2.30. The molecule has 1 aromatic carbocycles. The number of nitrogens with zero attached hydrogens (tertiary/aromatic N) is 2. The molecule has 0 saturated heterocycles. The fraction of sp³-hybridized carbons (Fsp3) is 0.385. The van der Waals surface area contributed by atoms with Crippen molar-refractivity contribution in [1.29, 1.82) is 0 Å². The molecule has 0 bridgehead atoms. The van der Waals surface area contributed by atoms with Gasteiger partial charge in [-0.25, -0.2) is 13.1 Å². The molecule has 0 radical (unpaired) electrons. The van der Waals surface area contributed by atoms with Gasteiger partial charge in [0.2, 0.25) is 21.7 Å². The van der Waals surface area contributed by atoms with E-state index in [1.165, 1.54) is 19.2 Å². The number of rotatable bonds is 6. The Balaban J connectivity index is 2.53. The third kappa shape index (κ3) is 3.22. The normalized spacial score (nSPS) is 11.6. The fourth-order valence-corrected chi connectivity index (χ4v) is 2.88. The molecule has 1 heterocycles. The lowest BCUT2D eigenvalue weighted by Crippen LogP contribution is -2.23.